The number of carboxylic acid groups (broad SMARTS) is 1. The third-order valence-electron chi connectivity index (χ3n) is 4.36. The Kier molecular flexibility index (Phi) is 4.50. The third-order valence-corrected chi connectivity index (χ3v) is 4.85. The number of nitrogens with zero attached hydrogens (tertiary/aromatic N) is 1. The van der Waals surface area contributed by atoms with Crippen LogP contribution in [0.25, 0.3) is 0 Å². The molecular formula is C16H20BrNO3. The molecule has 0 aromatic heterocycles. The second-order valence-corrected chi connectivity index (χ2v) is 6.85. The van der Waals surface area contributed by atoms with Crippen LogP contribution in [0, 0.1) is 0 Å². The molecule has 21 heavy (non-hydrogen) atoms. The molecule has 0 amide bonds. The molecule has 1 fully saturated rings. The van der Waals surface area contributed by atoms with Crippen molar-refractivity contribution in [3.8, 4) is 5.75 Å². The van der Waals surface area contributed by atoms with E-state index in [0.717, 1.165) is 49.0 Å². The first kappa shape index (κ1) is 14.9. The fourth-order valence-electron chi connectivity index (χ4n) is 3.39. The smallest absolute Gasteiger partial charge is 0.304 e. The average Bonchev–Trinajstić information content (AvgIpc) is 2.82. The zero-order valence-electron chi connectivity index (χ0n) is 11.9. The third kappa shape index (κ3) is 3.58. The molecule has 2 atom stereocenters. The van der Waals surface area contributed by atoms with Gasteiger partial charge in [-0.1, -0.05) is 22.4 Å². The molecule has 114 valence electrons. The summed E-state index contributed by atoms with van der Waals surface area (Å²) in [5, 5.41) is 9.05. The Balaban J connectivity index is 1.62. The van der Waals surface area contributed by atoms with E-state index in [9.17, 15) is 4.79 Å². The highest BCUT2D eigenvalue weighted by Crippen LogP contribution is 2.32. The van der Waals surface area contributed by atoms with Gasteiger partial charge in [0.25, 0.3) is 0 Å². The van der Waals surface area contributed by atoms with Gasteiger partial charge in [-0.25, -0.2) is 0 Å². The van der Waals surface area contributed by atoms with Gasteiger partial charge in [0.2, 0.25) is 0 Å². The summed E-state index contributed by atoms with van der Waals surface area (Å²) in [5.74, 6) is 0.265. The van der Waals surface area contributed by atoms with Crippen molar-refractivity contribution in [2.24, 2.45) is 0 Å². The minimum absolute atomic E-state index is 0.142. The SMILES string of the molecule is O=C(O)CC1CCCCN1CC1Cc2cc(Br)ccc2O1. The van der Waals surface area contributed by atoms with Crippen LogP contribution in [0.5, 0.6) is 5.75 Å². The van der Waals surface area contributed by atoms with E-state index in [2.05, 4.69) is 26.9 Å². The summed E-state index contributed by atoms with van der Waals surface area (Å²) in [6, 6.07) is 6.27. The number of carboxylic acids is 1. The normalized spacial score (nSPS) is 25.4. The molecule has 1 saturated heterocycles. The van der Waals surface area contributed by atoms with Crippen LogP contribution in [0.4, 0.5) is 0 Å². The minimum Gasteiger partial charge on any atom is -0.488 e. The number of hydrogen-bond acceptors (Lipinski definition) is 3. The van der Waals surface area contributed by atoms with E-state index in [1.807, 2.05) is 12.1 Å². The molecule has 0 aliphatic carbocycles. The highest BCUT2D eigenvalue weighted by molar-refractivity contribution is 9.10. The topological polar surface area (TPSA) is 49.8 Å². The molecular weight excluding hydrogens is 334 g/mol. The van der Waals surface area contributed by atoms with Crippen LogP contribution in [0.3, 0.4) is 0 Å². The predicted octanol–water partition coefficient (Wildman–Crippen LogP) is 3.08. The summed E-state index contributed by atoms with van der Waals surface area (Å²) in [7, 11) is 0. The Morgan fingerprint density at radius 3 is 3.10 bits per heavy atom. The lowest BCUT2D eigenvalue weighted by Crippen LogP contribution is -2.45. The monoisotopic (exact) mass is 353 g/mol. The van der Waals surface area contributed by atoms with Crippen molar-refractivity contribution in [2.75, 3.05) is 13.1 Å². The number of likely N-dealkylation sites (tertiary alicyclic amines) is 1. The van der Waals surface area contributed by atoms with Gasteiger partial charge in [0.15, 0.2) is 0 Å². The van der Waals surface area contributed by atoms with E-state index in [-0.39, 0.29) is 18.6 Å². The standard InChI is InChI=1S/C16H20BrNO3/c17-12-4-5-15-11(7-12)8-14(21-15)10-18-6-2-1-3-13(18)9-16(19)20/h4-5,7,13-14H,1-3,6,8-10H2,(H,19,20). The van der Waals surface area contributed by atoms with Crippen molar-refractivity contribution in [2.45, 2.75) is 44.2 Å². The summed E-state index contributed by atoms with van der Waals surface area (Å²) in [6.07, 6.45) is 4.56. The highest BCUT2D eigenvalue weighted by atomic mass is 79.9. The molecule has 5 heteroatoms. The van der Waals surface area contributed by atoms with E-state index >= 15 is 0 Å². The Bertz CT molecular complexity index is 534. The molecule has 0 spiro atoms. The molecule has 2 unspecified atom stereocenters. The summed E-state index contributed by atoms with van der Waals surface area (Å²) < 4.78 is 7.08. The van der Waals surface area contributed by atoms with Crippen LogP contribution < -0.4 is 4.74 Å². The van der Waals surface area contributed by atoms with Crippen LogP contribution in [-0.4, -0.2) is 41.2 Å². The van der Waals surface area contributed by atoms with Gasteiger partial charge in [-0.2, -0.15) is 0 Å². The fraction of sp³-hybridized carbons (Fsp3) is 0.562. The van der Waals surface area contributed by atoms with E-state index < -0.39 is 5.97 Å². The fourth-order valence-corrected chi connectivity index (χ4v) is 3.79. The van der Waals surface area contributed by atoms with Gasteiger partial charge in [0, 0.05) is 23.5 Å². The van der Waals surface area contributed by atoms with E-state index in [1.54, 1.807) is 0 Å². The summed E-state index contributed by atoms with van der Waals surface area (Å²) >= 11 is 3.49. The predicted molar refractivity (Wildman–Crippen MR) is 83.7 cm³/mol. The van der Waals surface area contributed by atoms with Crippen molar-refractivity contribution in [3.05, 3.63) is 28.2 Å². The number of carbonyl (C=O) groups is 1. The number of piperidine rings is 1. The van der Waals surface area contributed by atoms with Crippen LogP contribution in [0.15, 0.2) is 22.7 Å². The first-order chi connectivity index (χ1) is 10.1. The molecule has 0 radical (unpaired) electrons. The Labute approximate surface area is 133 Å². The number of ether oxygens (including phenoxy) is 1. The molecule has 1 aromatic carbocycles. The second kappa shape index (κ2) is 6.36. The van der Waals surface area contributed by atoms with Gasteiger partial charge in [-0.3, -0.25) is 9.69 Å². The van der Waals surface area contributed by atoms with Gasteiger partial charge >= 0.3 is 5.97 Å². The molecule has 2 aliphatic rings. The number of fused-ring (bicyclic) bond motifs is 1. The molecule has 3 rings (SSSR count). The summed E-state index contributed by atoms with van der Waals surface area (Å²) in [6.45, 7) is 1.81. The van der Waals surface area contributed by atoms with Crippen LogP contribution in [0.2, 0.25) is 0 Å². The van der Waals surface area contributed by atoms with Crippen molar-refractivity contribution in [1.29, 1.82) is 0 Å². The second-order valence-electron chi connectivity index (χ2n) is 5.94. The number of benzene rings is 1. The highest BCUT2D eigenvalue weighted by Gasteiger charge is 2.30. The van der Waals surface area contributed by atoms with Crippen molar-refractivity contribution < 1.29 is 14.6 Å². The number of rotatable bonds is 4. The molecule has 4 nitrogen and oxygen atoms in total. The van der Waals surface area contributed by atoms with Crippen LogP contribution >= 0.6 is 15.9 Å². The molecule has 0 bridgehead atoms. The molecule has 1 aromatic rings. The number of aliphatic carboxylic acids is 1. The van der Waals surface area contributed by atoms with Gasteiger partial charge < -0.3 is 9.84 Å². The minimum atomic E-state index is -0.702. The zero-order chi connectivity index (χ0) is 14.8. The van der Waals surface area contributed by atoms with Crippen molar-refractivity contribution in [1.82, 2.24) is 4.90 Å². The zero-order valence-corrected chi connectivity index (χ0v) is 13.5. The molecule has 0 saturated carbocycles. The van der Waals surface area contributed by atoms with Crippen molar-refractivity contribution >= 4 is 21.9 Å². The van der Waals surface area contributed by atoms with Gasteiger partial charge in [-0.15, -0.1) is 0 Å². The lowest BCUT2D eigenvalue weighted by molar-refractivity contribution is -0.138. The van der Waals surface area contributed by atoms with E-state index in [1.165, 1.54) is 5.56 Å². The molecule has 2 heterocycles. The number of halogens is 1. The largest absolute Gasteiger partial charge is 0.488 e. The lowest BCUT2D eigenvalue weighted by Gasteiger charge is -2.36. The first-order valence-corrected chi connectivity index (χ1v) is 8.32. The van der Waals surface area contributed by atoms with Gasteiger partial charge in [0.05, 0.1) is 6.42 Å². The number of hydrogen-bond donors (Lipinski definition) is 1. The van der Waals surface area contributed by atoms with Gasteiger partial charge in [-0.05, 0) is 43.1 Å². The van der Waals surface area contributed by atoms with E-state index in [0.29, 0.717) is 0 Å². The molecule has 1 N–H and O–H groups in total. The molecule has 2 aliphatic heterocycles. The van der Waals surface area contributed by atoms with Crippen LogP contribution in [0.1, 0.15) is 31.2 Å². The van der Waals surface area contributed by atoms with Gasteiger partial charge in [0.1, 0.15) is 11.9 Å². The Morgan fingerprint density at radius 2 is 2.29 bits per heavy atom. The Morgan fingerprint density at radius 1 is 1.43 bits per heavy atom. The summed E-state index contributed by atoms with van der Waals surface area (Å²) in [5.41, 5.74) is 1.24. The first-order valence-electron chi connectivity index (χ1n) is 7.53. The lowest BCUT2D eigenvalue weighted by atomic mass is 9.98. The van der Waals surface area contributed by atoms with Crippen LogP contribution in [-0.2, 0) is 11.2 Å². The maximum absolute atomic E-state index is 11.0. The summed E-state index contributed by atoms with van der Waals surface area (Å²) in [4.78, 5) is 13.3. The quantitative estimate of drug-likeness (QED) is 0.903. The Hall–Kier alpha value is -1.07. The van der Waals surface area contributed by atoms with E-state index in [4.69, 9.17) is 9.84 Å². The van der Waals surface area contributed by atoms with Crippen molar-refractivity contribution in [3.63, 3.8) is 0 Å². The maximum atomic E-state index is 11.0. The maximum Gasteiger partial charge on any atom is 0.304 e. The average molecular weight is 354 g/mol.